The molecule has 4 heterocycles. The van der Waals surface area contributed by atoms with Crippen molar-refractivity contribution in [3.05, 3.63) is 53.0 Å². The van der Waals surface area contributed by atoms with E-state index in [4.69, 9.17) is 19.4 Å². The van der Waals surface area contributed by atoms with Crippen molar-refractivity contribution in [1.82, 2.24) is 20.6 Å². The second-order valence-electron chi connectivity index (χ2n) is 10.8. The van der Waals surface area contributed by atoms with Gasteiger partial charge in [0.25, 0.3) is 5.91 Å². The van der Waals surface area contributed by atoms with Crippen LogP contribution in [0.4, 0.5) is 5.69 Å². The average Bonchev–Trinajstić information content (AvgIpc) is 3.63. The molecule has 194 valence electrons. The number of rotatable bonds is 7. The van der Waals surface area contributed by atoms with Crippen LogP contribution in [0.2, 0.25) is 0 Å². The van der Waals surface area contributed by atoms with E-state index >= 15 is 0 Å². The van der Waals surface area contributed by atoms with Gasteiger partial charge in [0.05, 0.1) is 42.7 Å². The lowest BCUT2D eigenvalue weighted by molar-refractivity contribution is 0.0940. The first-order chi connectivity index (χ1) is 17.9. The van der Waals surface area contributed by atoms with E-state index in [-0.39, 0.29) is 17.5 Å². The zero-order valence-electron chi connectivity index (χ0n) is 22.1. The molecule has 0 bridgehead atoms. The Labute approximate surface area is 217 Å². The molecule has 8 heteroatoms. The summed E-state index contributed by atoms with van der Waals surface area (Å²) in [5.74, 6) is 1.65. The number of nitrogens with zero attached hydrogens (tertiary/aromatic N) is 3. The number of aryl methyl sites for hydroxylation is 1. The number of amides is 1. The number of fused-ring (bicyclic) bond motifs is 1. The van der Waals surface area contributed by atoms with Gasteiger partial charge in [-0.15, -0.1) is 0 Å². The summed E-state index contributed by atoms with van der Waals surface area (Å²) in [4.78, 5) is 25.9. The Bertz CT molecular complexity index is 1370. The third-order valence-corrected chi connectivity index (χ3v) is 8.22. The molecule has 37 heavy (non-hydrogen) atoms. The van der Waals surface area contributed by atoms with Gasteiger partial charge in [0.2, 0.25) is 0 Å². The van der Waals surface area contributed by atoms with Gasteiger partial charge in [-0.2, -0.15) is 0 Å². The zero-order valence-corrected chi connectivity index (χ0v) is 22.1. The summed E-state index contributed by atoms with van der Waals surface area (Å²) in [5.41, 5.74) is 5.70. The van der Waals surface area contributed by atoms with E-state index in [2.05, 4.69) is 21.6 Å². The predicted molar refractivity (Wildman–Crippen MR) is 144 cm³/mol. The lowest BCUT2D eigenvalue weighted by Crippen LogP contribution is -2.58. The van der Waals surface area contributed by atoms with Crippen LogP contribution in [0, 0.1) is 6.92 Å². The molecule has 6 rings (SSSR count). The number of nitrogens with one attached hydrogen (secondary N) is 2. The van der Waals surface area contributed by atoms with Crippen molar-refractivity contribution in [2.24, 2.45) is 0 Å². The SMILES string of the molecule is COc1ccc([C@H](C)NC(=O)c2cnc3c(C4CC4)nc(C)cc3c2N2CCC3(CCN3)C2)cc1OC. The number of methoxy groups -OCH3 is 2. The van der Waals surface area contributed by atoms with Crippen molar-refractivity contribution in [3.63, 3.8) is 0 Å². The smallest absolute Gasteiger partial charge is 0.255 e. The van der Waals surface area contributed by atoms with Gasteiger partial charge in [-0.1, -0.05) is 6.07 Å². The monoisotopic (exact) mass is 501 g/mol. The maximum atomic E-state index is 13.8. The maximum absolute atomic E-state index is 13.8. The van der Waals surface area contributed by atoms with E-state index in [0.29, 0.717) is 23.0 Å². The van der Waals surface area contributed by atoms with E-state index in [1.807, 2.05) is 32.0 Å². The summed E-state index contributed by atoms with van der Waals surface area (Å²) in [7, 11) is 3.23. The second kappa shape index (κ2) is 9.17. The van der Waals surface area contributed by atoms with Crippen molar-refractivity contribution in [1.29, 1.82) is 0 Å². The molecule has 2 aliphatic heterocycles. The summed E-state index contributed by atoms with van der Waals surface area (Å²) in [6.45, 7) is 6.90. The van der Waals surface area contributed by atoms with Crippen LogP contribution in [0.5, 0.6) is 11.5 Å². The van der Waals surface area contributed by atoms with Gasteiger partial charge in [0.1, 0.15) is 0 Å². The quantitative estimate of drug-likeness (QED) is 0.500. The van der Waals surface area contributed by atoms with E-state index in [0.717, 1.165) is 72.4 Å². The van der Waals surface area contributed by atoms with Crippen LogP contribution in [-0.4, -0.2) is 55.3 Å². The lowest BCUT2D eigenvalue weighted by Gasteiger charge is -2.40. The number of pyridine rings is 2. The molecule has 1 amide bonds. The highest BCUT2D eigenvalue weighted by Crippen LogP contribution is 2.45. The minimum Gasteiger partial charge on any atom is -0.493 e. The van der Waals surface area contributed by atoms with Crippen LogP contribution >= 0.6 is 0 Å². The number of benzene rings is 1. The Morgan fingerprint density at radius 2 is 1.97 bits per heavy atom. The molecule has 8 nitrogen and oxygen atoms in total. The normalized spacial score (nSPS) is 21.7. The molecule has 1 unspecified atom stereocenters. The highest BCUT2D eigenvalue weighted by molar-refractivity contribution is 6.08. The molecule has 3 aromatic rings. The van der Waals surface area contributed by atoms with E-state index in [1.54, 1.807) is 20.4 Å². The van der Waals surface area contributed by atoms with Gasteiger partial charge in [-0.25, -0.2) is 0 Å². The van der Waals surface area contributed by atoms with Crippen LogP contribution in [-0.2, 0) is 0 Å². The molecule has 0 radical (unpaired) electrons. The fraction of sp³-hybridized carbons (Fsp3) is 0.483. The Morgan fingerprint density at radius 1 is 1.19 bits per heavy atom. The number of carbonyl (C=O) groups is 1. The molecule has 2 aromatic heterocycles. The van der Waals surface area contributed by atoms with Crippen LogP contribution in [0.1, 0.15) is 71.9 Å². The summed E-state index contributed by atoms with van der Waals surface area (Å²) in [5, 5.41) is 7.90. The standard InChI is InChI=1S/C29H35N5O3/c1-17-13-21-26(25(32-17)19-5-6-19)30-15-22(27(21)34-12-10-29(16-34)9-11-31-29)28(35)33-18(2)20-7-8-23(36-3)24(14-20)37-4/h7-8,13-15,18-19,31H,5-6,9-12,16H2,1-4H3,(H,33,35)/t18-,29?/m0/s1. The summed E-state index contributed by atoms with van der Waals surface area (Å²) in [6, 6.07) is 7.61. The summed E-state index contributed by atoms with van der Waals surface area (Å²) >= 11 is 0. The molecule has 2 saturated heterocycles. The van der Waals surface area contributed by atoms with Crippen LogP contribution in [0.15, 0.2) is 30.5 Å². The Hall–Kier alpha value is -3.39. The van der Waals surface area contributed by atoms with Crippen molar-refractivity contribution in [3.8, 4) is 11.5 Å². The summed E-state index contributed by atoms with van der Waals surface area (Å²) < 4.78 is 10.8. The minimum atomic E-state index is -0.227. The molecule has 3 aliphatic rings. The molecule has 2 atom stereocenters. The first kappa shape index (κ1) is 24.0. The fourth-order valence-corrected chi connectivity index (χ4v) is 5.86. The number of carbonyl (C=O) groups excluding carboxylic acids is 1. The first-order valence-corrected chi connectivity index (χ1v) is 13.2. The average molecular weight is 502 g/mol. The number of anilines is 1. The minimum absolute atomic E-state index is 0.128. The van der Waals surface area contributed by atoms with Crippen molar-refractivity contribution in [2.75, 3.05) is 38.8 Å². The topological polar surface area (TPSA) is 88.6 Å². The number of hydrogen-bond donors (Lipinski definition) is 2. The highest BCUT2D eigenvalue weighted by atomic mass is 16.5. The third kappa shape index (κ3) is 4.27. The van der Waals surface area contributed by atoms with Crippen molar-refractivity contribution < 1.29 is 14.3 Å². The number of ether oxygens (including phenoxy) is 2. The van der Waals surface area contributed by atoms with Crippen LogP contribution < -0.4 is 25.0 Å². The highest BCUT2D eigenvalue weighted by Gasteiger charge is 2.44. The van der Waals surface area contributed by atoms with Gasteiger partial charge in [0.15, 0.2) is 11.5 Å². The van der Waals surface area contributed by atoms with E-state index in [9.17, 15) is 4.79 Å². The van der Waals surface area contributed by atoms with Crippen LogP contribution in [0.3, 0.4) is 0 Å². The van der Waals surface area contributed by atoms with Gasteiger partial charge in [0, 0.05) is 41.8 Å². The number of hydrogen-bond acceptors (Lipinski definition) is 7. The molecule has 1 saturated carbocycles. The van der Waals surface area contributed by atoms with Gasteiger partial charge >= 0.3 is 0 Å². The lowest BCUT2D eigenvalue weighted by atomic mass is 9.87. The molecule has 1 spiro atoms. The molecular formula is C29H35N5O3. The van der Waals surface area contributed by atoms with Crippen molar-refractivity contribution in [2.45, 2.75) is 57.0 Å². The Kier molecular flexibility index (Phi) is 5.94. The molecular weight excluding hydrogens is 466 g/mol. The fourth-order valence-electron chi connectivity index (χ4n) is 5.86. The van der Waals surface area contributed by atoms with Crippen molar-refractivity contribution >= 4 is 22.5 Å². The number of aromatic nitrogens is 2. The zero-order chi connectivity index (χ0) is 25.7. The maximum Gasteiger partial charge on any atom is 0.255 e. The van der Waals surface area contributed by atoms with E-state index in [1.165, 1.54) is 6.42 Å². The molecule has 3 fully saturated rings. The Morgan fingerprint density at radius 3 is 2.62 bits per heavy atom. The summed E-state index contributed by atoms with van der Waals surface area (Å²) in [6.07, 6.45) is 6.34. The first-order valence-electron chi connectivity index (χ1n) is 13.2. The predicted octanol–water partition coefficient (Wildman–Crippen LogP) is 4.27. The van der Waals surface area contributed by atoms with E-state index < -0.39 is 0 Å². The Balaban J connectivity index is 1.38. The third-order valence-electron chi connectivity index (χ3n) is 8.22. The second-order valence-corrected chi connectivity index (χ2v) is 10.8. The molecule has 1 aliphatic carbocycles. The van der Waals surface area contributed by atoms with Gasteiger partial charge in [-0.3, -0.25) is 14.8 Å². The molecule has 2 N–H and O–H groups in total. The largest absolute Gasteiger partial charge is 0.493 e. The van der Waals surface area contributed by atoms with Gasteiger partial charge in [-0.05, 0) is 69.8 Å². The molecule has 1 aromatic carbocycles. The van der Waals surface area contributed by atoms with Crippen LogP contribution in [0.25, 0.3) is 10.9 Å². The van der Waals surface area contributed by atoms with Gasteiger partial charge < -0.3 is 25.0 Å².